The number of anilines is 1. The maximum Gasteiger partial charge on any atom is 0.251 e. The molecule has 17 heavy (non-hydrogen) atoms. The van der Waals surface area contributed by atoms with Crippen LogP contribution in [-0.2, 0) is 0 Å². The van der Waals surface area contributed by atoms with Crippen molar-refractivity contribution in [3.05, 3.63) is 29.3 Å². The Hall–Kier alpha value is -1.55. The molecule has 1 saturated carbocycles. The van der Waals surface area contributed by atoms with Crippen LogP contribution >= 0.6 is 0 Å². The molecule has 0 aliphatic heterocycles. The third-order valence-electron chi connectivity index (χ3n) is 3.12. The van der Waals surface area contributed by atoms with E-state index in [1.54, 1.807) is 6.07 Å². The number of aliphatic hydroxyl groups excluding tert-OH is 1. The fourth-order valence-electron chi connectivity index (χ4n) is 2.15. The third kappa shape index (κ3) is 2.97. The van der Waals surface area contributed by atoms with Gasteiger partial charge in [-0.25, -0.2) is 0 Å². The quantitative estimate of drug-likeness (QED) is 0.685. The molecule has 1 fully saturated rings. The van der Waals surface area contributed by atoms with Crippen molar-refractivity contribution >= 4 is 11.6 Å². The standard InChI is InChI=1S/C13H18N2O2/c1-8-2-10(6-11(14)3-8)13(17)15-7-9-4-12(16)5-9/h2-3,6,9,12,16H,4-5,7,14H2,1H3,(H,15,17). The summed E-state index contributed by atoms with van der Waals surface area (Å²) in [5.41, 5.74) is 7.88. The maximum atomic E-state index is 11.8. The smallest absolute Gasteiger partial charge is 0.251 e. The minimum atomic E-state index is -0.175. The Morgan fingerprint density at radius 1 is 1.47 bits per heavy atom. The molecule has 0 radical (unpaired) electrons. The van der Waals surface area contributed by atoms with Gasteiger partial charge in [0.1, 0.15) is 0 Å². The van der Waals surface area contributed by atoms with E-state index in [9.17, 15) is 4.79 Å². The van der Waals surface area contributed by atoms with Crippen LogP contribution in [0.4, 0.5) is 5.69 Å². The molecule has 0 spiro atoms. The van der Waals surface area contributed by atoms with Gasteiger partial charge in [-0.05, 0) is 49.4 Å². The van der Waals surface area contributed by atoms with Gasteiger partial charge in [-0.15, -0.1) is 0 Å². The van der Waals surface area contributed by atoms with Gasteiger partial charge in [0.2, 0.25) is 0 Å². The van der Waals surface area contributed by atoms with Gasteiger partial charge in [0.25, 0.3) is 5.91 Å². The van der Waals surface area contributed by atoms with E-state index in [4.69, 9.17) is 10.8 Å². The van der Waals surface area contributed by atoms with E-state index < -0.39 is 0 Å². The zero-order chi connectivity index (χ0) is 12.4. The lowest BCUT2D eigenvalue weighted by atomic mass is 9.82. The average molecular weight is 234 g/mol. The minimum Gasteiger partial charge on any atom is -0.399 e. The first-order chi connectivity index (χ1) is 8.04. The lowest BCUT2D eigenvalue weighted by Gasteiger charge is -2.31. The number of aryl methyl sites for hydroxylation is 1. The highest BCUT2D eigenvalue weighted by atomic mass is 16.3. The maximum absolute atomic E-state index is 11.8. The number of amides is 1. The summed E-state index contributed by atoms with van der Waals surface area (Å²) in [5, 5.41) is 12.0. The number of carbonyl (C=O) groups is 1. The monoisotopic (exact) mass is 234 g/mol. The van der Waals surface area contributed by atoms with E-state index in [0.717, 1.165) is 18.4 Å². The molecule has 0 unspecified atom stereocenters. The lowest BCUT2D eigenvalue weighted by Crippen LogP contribution is -2.38. The molecule has 2 rings (SSSR count). The van der Waals surface area contributed by atoms with E-state index in [1.807, 2.05) is 19.1 Å². The Kier molecular flexibility index (Phi) is 3.33. The molecule has 92 valence electrons. The third-order valence-corrected chi connectivity index (χ3v) is 3.12. The number of nitrogen functional groups attached to an aromatic ring is 1. The summed E-state index contributed by atoms with van der Waals surface area (Å²) >= 11 is 0. The molecule has 1 aromatic rings. The second-order valence-electron chi connectivity index (χ2n) is 4.83. The zero-order valence-electron chi connectivity index (χ0n) is 9.94. The first-order valence-electron chi connectivity index (χ1n) is 5.88. The first-order valence-corrected chi connectivity index (χ1v) is 5.88. The molecule has 0 aromatic heterocycles. The SMILES string of the molecule is Cc1cc(N)cc(C(=O)NCC2CC(O)C2)c1. The fraction of sp³-hybridized carbons (Fsp3) is 0.462. The van der Waals surface area contributed by atoms with Gasteiger partial charge in [0.15, 0.2) is 0 Å². The van der Waals surface area contributed by atoms with Crippen LogP contribution in [-0.4, -0.2) is 23.7 Å². The van der Waals surface area contributed by atoms with Gasteiger partial charge in [-0.1, -0.05) is 0 Å². The molecule has 4 N–H and O–H groups in total. The molecule has 1 aliphatic carbocycles. The van der Waals surface area contributed by atoms with E-state index in [-0.39, 0.29) is 12.0 Å². The number of benzene rings is 1. The van der Waals surface area contributed by atoms with Crippen LogP contribution in [0.1, 0.15) is 28.8 Å². The first kappa shape index (κ1) is 11.9. The van der Waals surface area contributed by atoms with Gasteiger partial charge in [-0.2, -0.15) is 0 Å². The largest absolute Gasteiger partial charge is 0.399 e. The van der Waals surface area contributed by atoms with Crippen molar-refractivity contribution in [2.24, 2.45) is 5.92 Å². The minimum absolute atomic E-state index is 0.0956. The molecule has 0 bridgehead atoms. The number of nitrogens with one attached hydrogen (secondary N) is 1. The number of hydrogen-bond donors (Lipinski definition) is 3. The van der Waals surface area contributed by atoms with Crippen molar-refractivity contribution < 1.29 is 9.90 Å². The highest BCUT2D eigenvalue weighted by Crippen LogP contribution is 2.26. The summed E-state index contributed by atoms with van der Waals surface area (Å²) in [7, 11) is 0. The van der Waals surface area contributed by atoms with Gasteiger partial charge in [0.05, 0.1) is 6.10 Å². The van der Waals surface area contributed by atoms with Crippen LogP contribution in [0.15, 0.2) is 18.2 Å². The van der Waals surface area contributed by atoms with Crippen LogP contribution < -0.4 is 11.1 Å². The summed E-state index contributed by atoms with van der Waals surface area (Å²) in [6, 6.07) is 5.33. The number of carbonyl (C=O) groups excluding carboxylic acids is 1. The molecule has 0 heterocycles. The molecule has 0 saturated heterocycles. The molecular formula is C13H18N2O2. The lowest BCUT2D eigenvalue weighted by molar-refractivity contribution is 0.0420. The summed E-state index contributed by atoms with van der Waals surface area (Å²) in [5.74, 6) is 0.317. The second-order valence-corrected chi connectivity index (χ2v) is 4.83. The van der Waals surface area contributed by atoms with E-state index >= 15 is 0 Å². The highest BCUT2D eigenvalue weighted by Gasteiger charge is 2.27. The molecule has 4 nitrogen and oxygen atoms in total. The molecule has 1 amide bonds. The van der Waals surface area contributed by atoms with Gasteiger partial charge in [-0.3, -0.25) is 4.79 Å². The van der Waals surface area contributed by atoms with Crippen LogP contribution in [0.25, 0.3) is 0 Å². The molecular weight excluding hydrogens is 216 g/mol. The fourth-order valence-corrected chi connectivity index (χ4v) is 2.15. The number of hydrogen-bond acceptors (Lipinski definition) is 3. The Morgan fingerprint density at radius 2 is 2.18 bits per heavy atom. The molecule has 1 aliphatic rings. The normalized spacial score (nSPS) is 22.9. The van der Waals surface area contributed by atoms with Gasteiger partial charge >= 0.3 is 0 Å². The number of nitrogens with two attached hydrogens (primary N) is 1. The summed E-state index contributed by atoms with van der Waals surface area (Å²) in [6.45, 7) is 2.54. The van der Waals surface area contributed by atoms with Gasteiger partial charge < -0.3 is 16.2 Å². The summed E-state index contributed by atoms with van der Waals surface area (Å²) in [6.07, 6.45) is 1.40. The van der Waals surface area contributed by atoms with Crippen molar-refractivity contribution in [1.82, 2.24) is 5.32 Å². The van der Waals surface area contributed by atoms with E-state index in [0.29, 0.717) is 23.7 Å². The van der Waals surface area contributed by atoms with Crippen molar-refractivity contribution in [2.45, 2.75) is 25.9 Å². The van der Waals surface area contributed by atoms with Crippen LogP contribution in [0, 0.1) is 12.8 Å². The Bertz CT molecular complexity index is 405. The topological polar surface area (TPSA) is 75.4 Å². The average Bonchev–Trinajstić information content (AvgIpc) is 2.21. The summed E-state index contributed by atoms with van der Waals surface area (Å²) < 4.78 is 0. The second kappa shape index (κ2) is 4.75. The Balaban J connectivity index is 1.90. The molecule has 0 atom stereocenters. The highest BCUT2D eigenvalue weighted by molar-refractivity contribution is 5.95. The predicted octanol–water partition coefficient (Wildman–Crippen LogP) is 1.08. The number of rotatable bonds is 3. The molecule has 4 heteroatoms. The molecule has 1 aromatic carbocycles. The predicted molar refractivity (Wildman–Crippen MR) is 66.7 cm³/mol. The Morgan fingerprint density at radius 3 is 2.76 bits per heavy atom. The van der Waals surface area contributed by atoms with E-state index in [1.165, 1.54) is 0 Å². The summed E-state index contributed by atoms with van der Waals surface area (Å²) in [4.78, 5) is 11.8. The van der Waals surface area contributed by atoms with E-state index in [2.05, 4.69) is 5.32 Å². The number of aliphatic hydroxyl groups is 1. The van der Waals surface area contributed by atoms with Crippen LogP contribution in [0.2, 0.25) is 0 Å². The van der Waals surface area contributed by atoms with Crippen molar-refractivity contribution in [1.29, 1.82) is 0 Å². The van der Waals surface area contributed by atoms with Gasteiger partial charge in [0, 0.05) is 17.8 Å². The van der Waals surface area contributed by atoms with Crippen LogP contribution in [0.3, 0.4) is 0 Å². The van der Waals surface area contributed by atoms with Crippen molar-refractivity contribution in [2.75, 3.05) is 12.3 Å². The van der Waals surface area contributed by atoms with Crippen LogP contribution in [0.5, 0.6) is 0 Å². The zero-order valence-corrected chi connectivity index (χ0v) is 9.94. The Labute approximate surface area is 101 Å². The van der Waals surface area contributed by atoms with Crippen molar-refractivity contribution in [3.63, 3.8) is 0 Å². The van der Waals surface area contributed by atoms with Crippen molar-refractivity contribution in [3.8, 4) is 0 Å².